The van der Waals surface area contributed by atoms with Crippen LogP contribution < -0.4 is 10.9 Å². The predicted molar refractivity (Wildman–Crippen MR) is 70.2 cm³/mol. The lowest BCUT2D eigenvalue weighted by atomic mass is 10.5. The first kappa shape index (κ1) is 13.3. The number of aryl methyl sites for hydroxylation is 2. The van der Waals surface area contributed by atoms with Gasteiger partial charge in [-0.25, -0.2) is 4.98 Å². The minimum absolute atomic E-state index is 0.123. The van der Waals surface area contributed by atoms with E-state index in [1.165, 1.54) is 6.07 Å². The molecule has 1 amide bonds. The van der Waals surface area contributed by atoms with E-state index in [0.29, 0.717) is 22.4 Å². The molecular formula is C11H12N4O3S. The molecule has 0 saturated carbocycles. The quantitative estimate of drug-likeness (QED) is 0.642. The van der Waals surface area contributed by atoms with E-state index >= 15 is 0 Å². The van der Waals surface area contributed by atoms with Crippen molar-refractivity contribution in [3.63, 3.8) is 0 Å². The maximum atomic E-state index is 11.6. The third-order valence-electron chi connectivity index (χ3n) is 2.08. The number of carbonyl (C=O) groups excluding carboxylic acids is 1. The van der Waals surface area contributed by atoms with Gasteiger partial charge in [-0.3, -0.25) is 9.59 Å². The van der Waals surface area contributed by atoms with Gasteiger partial charge in [-0.2, -0.15) is 0 Å². The molecule has 0 spiro atoms. The molecule has 0 fully saturated rings. The van der Waals surface area contributed by atoms with E-state index in [2.05, 4.69) is 20.4 Å². The van der Waals surface area contributed by atoms with Crippen LogP contribution in [0.1, 0.15) is 11.5 Å². The third-order valence-corrected chi connectivity index (χ3v) is 2.96. The molecule has 0 aliphatic rings. The average Bonchev–Trinajstić information content (AvgIpc) is 2.71. The SMILES string of the molecule is Cc1cc(=O)[nH]c(SCC(=O)Nc2cc(C)on2)n1. The summed E-state index contributed by atoms with van der Waals surface area (Å²) in [5, 5.41) is 6.64. The zero-order valence-electron chi connectivity index (χ0n) is 10.4. The monoisotopic (exact) mass is 280 g/mol. The first-order valence-electron chi connectivity index (χ1n) is 5.47. The lowest BCUT2D eigenvalue weighted by Crippen LogP contribution is -2.15. The maximum absolute atomic E-state index is 11.6. The van der Waals surface area contributed by atoms with Crippen molar-refractivity contribution in [1.29, 1.82) is 0 Å². The van der Waals surface area contributed by atoms with Crippen molar-refractivity contribution >= 4 is 23.5 Å². The molecule has 2 rings (SSSR count). The summed E-state index contributed by atoms with van der Waals surface area (Å²) in [6.07, 6.45) is 0. The number of H-pyrrole nitrogens is 1. The fraction of sp³-hybridized carbons (Fsp3) is 0.273. The van der Waals surface area contributed by atoms with Gasteiger partial charge in [0.2, 0.25) is 5.91 Å². The van der Waals surface area contributed by atoms with E-state index in [1.807, 2.05) is 0 Å². The van der Waals surface area contributed by atoms with Crippen LogP contribution in [0.25, 0.3) is 0 Å². The van der Waals surface area contributed by atoms with Crippen molar-refractivity contribution in [2.75, 3.05) is 11.1 Å². The van der Waals surface area contributed by atoms with Gasteiger partial charge < -0.3 is 14.8 Å². The van der Waals surface area contributed by atoms with Gasteiger partial charge >= 0.3 is 0 Å². The number of nitrogens with zero attached hydrogens (tertiary/aromatic N) is 2. The van der Waals surface area contributed by atoms with Crippen LogP contribution in [-0.2, 0) is 4.79 Å². The largest absolute Gasteiger partial charge is 0.360 e. The number of anilines is 1. The molecule has 2 aromatic heterocycles. The Labute approximate surface area is 112 Å². The van der Waals surface area contributed by atoms with E-state index in [9.17, 15) is 9.59 Å². The first-order valence-corrected chi connectivity index (χ1v) is 6.45. The van der Waals surface area contributed by atoms with Crippen molar-refractivity contribution in [2.24, 2.45) is 0 Å². The Kier molecular flexibility index (Phi) is 4.00. The van der Waals surface area contributed by atoms with Gasteiger partial charge in [0, 0.05) is 17.8 Å². The second-order valence-electron chi connectivity index (χ2n) is 3.85. The van der Waals surface area contributed by atoms with Crippen molar-refractivity contribution < 1.29 is 9.32 Å². The van der Waals surface area contributed by atoms with Crippen molar-refractivity contribution in [1.82, 2.24) is 15.1 Å². The van der Waals surface area contributed by atoms with Crippen LogP contribution in [0.5, 0.6) is 0 Å². The number of carbonyl (C=O) groups is 1. The zero-order chi connectivity index (χ0) is 13.8. The highest BCUT2D eigenvalue weighted by atomic mass is 32.2. The molecule has 0 bridgehead atoms. The summed E-state index contributed by atoms with van der Waals surface area (Å²) >= 11 is 1.15. The summed E-state index contributed by atoms with van der Waals surface area (Å²) in [6.45, 7) is 3.45. The second-order valence-corrected chi connectivity index (χ2v) is 4.82. The molecule has 0 unspecified atom stereocenters. The number of amides is 1. The minimum atomic E-state index is -0.248. The van der Waals surface area contributed by atoms with Crippen molar-refractivity contribution in [3.05, 3.63) is 33.9 Å². The van der Waals surface area contributed by atoms with Crippen LogP contribution in [0.2, 0.25) is 0 Å². The Balaban J connectivity index is 1.91. The van der Waals surface area contributed by atoms with Gasteiger partial charge in [-0.15, -0.1) is 0 Å². The van der Waals surface area contributed by atoms with E-state index in [0.717, 1.165) is 11.8 Å². The topological polar surface area (TPSA) is 101 Å². The van der Waals surface area contributed by atoms with Crippen molar-refractivity contribution in [2.45, 2.75) is 19.0 Å². The smallest absolute Gasteiger partial charge is 0.251 e. The van der Waals surface area contributed by atoms with E-state index in [1.54, 1.807) is 19.9 Å². The number of nitrogens with one attached hydrogen (secondary N) is 2. The van der Waals surface area contributed by atoms with Crippen LogP contribution in [0.4, 0.5) is 5.82 Å². The molecule has 0 aromatic carbocycles. The first-order chi connectivity index (χ1) is 9.02. The molecule has 0 aliphatic carbocycles. The molecule has 19 heavy (non-hydrogen) atoms. The number of rotatable bonds is 4. The molecule has 0 radical (unpaired) electrons. The highest BCUT2D eigenvalue weighted by molar-refractivity contribution is 7.99. The molecule has 0 saturated heterocycles. The summed E-state index contributed by atoms with van der Waals surface area (Å²) in [5.41, 5.74) is 0.376. The van der Waals surface area contributed by atoms with Gasteiger partial charge in [0.25, 0.3) is 5.56 Å². The minimum Gasteiger partial charge on any atom is -0.360 e. The van der Waals surface area contributed by atoms with Gasteiger partial charge in [-0.1, -0.05) is 16.9 Å². The molecule has 7 nitrogen and oxygen atoms in total. The fourth-order valence-corrected chi connectivity index (χ4v) is 2.08. The molecule has 0 aliphatic heterocycles. The summed E-state index contributed by atoms with van der Waals surface area (Å²) in [6, 6.07) is 3.01. The molecule has 2 N–H and O–H groups in total. The van der Waals surface area contributed by atoms with Crippen LogP contribution in [0.15, 0.2) is 26.6 Å². The Morgan fingerprint density at radius 3 is 2.89 bits per heavy atom. The molecular weight excluding hydrogens is 268 g/mol. The van der Waals surface area contributed by atoms with E-state index < -0.39 is 0 Å². The fourth-order valence-electron chi connectivity index (χ4n) is 1.36. The molecule has 100 valence electrons. The molecule has 0 atom stereocenters. The lowest BCUT2D eigenvalue weighted by Gasteiger charge is -2.01. The molecule has 2 aromatic rings. The van der Waals surface area contributed by atoms with Gasteiger partial charge in [-0.05, 0) is 13.8 Å². The Morgan fingerprint density at radius 1 is 1.47 bits per heavy atom. The number of thioether (sulfide) groups is 1. The Morgan fingerprint density at radius 2 is 2.26 bits per heavy atom. The standard InChI is InChI=1S/C11H12N4O3S/c1-6-3-9(16)14-11(12-6)19-5-10(17)13-8-4-7(2)18-15-8/h3-4H,5H2,1-2H3,(H,12,14,16)(H,13,15,17). The highest BCUT2D eigenvalue weighted by Gasteiger charge is 2.08. The normalized spacial score (nSPS) is 10.4. The number of aromatic amines is 1. The van der Waals surface area contributed by atoms with E-state index in [-0.39, 0.29) is 17.2 Å². The summed E-state index contributed by atoms with van der Waals surface area (Å²) < 4.78 is 4.83. The summed E-state index contributed by atoms with van der Waals surface area (Å²) in [4.78, 5) is 29.5. The number of hydrogen-bond acceptors (Lipinski definition) is 6. The van der Waals surface area contributed by atoms with E-state index in [4.69, 9.17) is 4.52 Å². The van der Waals surface area contributed by atoms with Gasteiger partial charge in [0.15, 0.2) is 11.0 Å². The predicted octanol–water partition coefficient (Wildman–Crippen LogP) is 1.11. The van der Waals surface area contributed by atoms with Crippen LogP contribution in [0, 0.1) is 13.8 Å². The van der Waals surface area contributed by atoms with Gasteiger partial charge in [0.1, 0.15) is 5.76 Å². The molecule has 2 heterocycles. The average molecular weight is 280 g/mol. The Hall–Kier alpha value is -2.09. The second kappa shape index (κ2) is 5.70. The number of hydrogen-bond donors (Lipinski definition) is 2. The lowest BCUT2D eigenvalue weighted by molar-refractivity contribution is -0.113. The summed E-state index contributed by atoms with van der Waals surface area (Å²) in [7, 11) is 0. The van der Waals surface area contributed by atoms with Gasteiger partial charge in [0.05, 0.1) is 5.75 Å². The zero-order valence-corrected chi connectivity index (χ0v) is 11.2. The molecule has 8 heteroatoms. The Bertz CT molecular complexity index is 649. The highest BCUT2D eigenvalue weighted by Crippen LogP contribution is 2.12. The van der Waals surface area contributed by atoms with Crippen LogP contribution in [-0.4, -0.2) is 26.8 Å². The van der Waals surface area contributed by atoms with Crippen LogP contribution in [0.3, 0.4) is 0 Å². The van der Waals surface area contributed by atoms with Crippen LogP contribution >= 0.6 is 11.8 Å². The maximum Gasteiger partial charge on any atom is 0.251 e. The number of aromatic nitrogens is 3. The van der Waals surface area contributed by atoms with Crippen molar-refractivity contribution in [3.8, 4) is 0 Å². The third kappa shape index (κ3) is 3.95. The summed E-state index contributed by atoms with van der Waals surface area (Å²) in [5.74, 6) is 0.863.